The van der Waals surface area contributed by atoms with Crippen LogP contribution in [0.4, 0.5) is 0 Å². The van der Waals surface area contributed by atoms with Crippen LogP contribution in [0, 0.1) is 12.3 Å². The molecule has 0 aliphatic heterocycles. The molecule has 0 aromatic carbocycles. The smallest absolute Gasteiger partial charge is 0.276 e. The van der Waals surface area contributed by atoms with E-state index in [0.29, 0.717) is 12.1 Å². The molecule has 0 amide bonds. The Balaban J connectivity index is 2.37. The van der Waals surface area contributed by atoms with E-state index in [1.165, 1.54) is 0 Å². The lowest BCUT2D eigenvalue weighted by Gasteiger charge is -2.31. The Bertz CT molecular complexity index is 648. The van der Waals surface area contributed by atoms with E-state index in [1.54, 1.807) is 9.08 Å². The number of hydrogen-bond acceptors (Lipinski definition) is 3. The zero-order valence-electron chi connectivity index (χ0n) is 13.0. The lowest BCUT2D eigenvalue weighted by molar-refractivity contribution is 0.243. The lowest BCUT2D eigenvalue weighted by atomic mass is 9.86. The number of nitrogens with zero attached hydrogens (tertiary/aromatic N) is 3. The first-order valence-corrected chi connectivity index (χ1v) is 7.11. The van der Waals surface area contributed by atoms with Crippen molar-refractivity contribution in [3.05, 3.63) is 34.5 Å². The van der Waals surface area contributed by atoms with E-state index in [9.17, 15) is 4.79 Å². The molecule has 20 heavy (non-hydrogen) atoms. The first-order valence-electron chi connectivity index (χ1n) is 7.11. The fourth-order valence-corrected chi connectivity index (χ4v) is 2.38. The molecule has 0 spiro atoms. The maximum Gasteiger partial charge on any atom is 0.276 e. The summed E-state index contributed by atoms with van der Waals surface area (Å²) in [6.45, 7) is 12.1. The van der Waals surface area contributed by atoms with Crippen molar-refractivity contribution in [1.29, 1.82) is 0 Å². The summed E-state index contributed by atoms with van der Waals surface area (Å²) in [6.07, 6.45) is 3.66. The van der Waals surface area contributed by atoms with Crippen LogP contribution in [0.5, 0.6) is 0 Å². The second-order valence-electron chi connectivity index (χ2n) is 6.35. The van der Waals surface area contributed by atoms with Crippen LogP contribution < -0.4 is 10.9 Å². The maximum atomic E-state index is 12.5. The van der Waals surface area contributed by atoms with Gasteiger partial charge in [-0.3, -0.25) is 4.79 Å². The molecular formula is C15H24N4O. The first-order chi connectivity index (χ1) is 9.32. The molecule has 0 radical (unpaired) electrons. The number of rotatable bonds is 4. The molecule has 1 unspecified atom stereocenters. The van der Waals surface area contributed by atoms with E-state index in [-0.39, 0.29) is 17.0 Å². The third kappa shape index (κ3) is 2.93. The highest BCUT2D eigenvalue weighted by molar-refractivity contribution is 5.44. The van der Waals surface area contributed by atoms with Crippen LogP contribution in [-0.2, 0) is 6.54 Å². The predicted octanol–water partition coefficient (Wildman–Crippen LogP) is 1.83. The average Bonchev–Trinajstić information content (AvgIpc) is 2.72. The van der Waals surface area contributed by atoms with Crippen molar-refractivity contribution in [2.45, 2.75) is 47.2 Å². The van der Waals surface area contributed by atoms with Gasteiger partial charge in [0.05, 0.1) is 5.69 Å². The number of fused-ring (bicyclic) bond motifs is 1. The number of likely N-dealkylation sites (N-methyl/N-ethyl adjacent to an activating group) is 1. The Kier molecular flexibility index (Phi) is 3.99. The predicted molar refractivity (Wildman–Crippen MR) is 81.1 cm³/mol. The van der Waals surface area contributed by atoms with E-state index in [1.807, 2.05) is 25.4 Å². The van der Waals surface area contributed by atoms with E-state index in [4.69, 9.17) is 0 Å². The Hall–Kier alpha value is -1.62. The van der Waals surface area contributed by atoms with Crippen molar-refractivity contribution in [2.24, 2.45) is 5.41 Å². The van der Waals surface area contributed by atoms with Gasteiger partial charge in [-0.05, 0) is 24.9 Å². The molecule has 0 aliphatic rings. The molecule has 2 aromatic rings. The largest absolute Gasteiger partial charge is 0.312 e. The minimum absolute atomic E-state index is 0.0141. The van der Waals surface area contributed by atoms with Gasteiger partial charge in [0.2, 0.25) is 0 Å². The quantitative estimate of drug-likeness (QED) is 0.927. The Labute approximate surface area is 119 Å². The average molecular weight is 276 g/mol. The molecule has 5 nitrogen and oxygen atoms in total. The molecule has 0 saturated carbocycles. The Morgan fingerprint density at radius 2 is 2.05 bits per heavy atom. The van der Waals surface area contributed by atoms with Crippen LogP contribution in [0.1, 0.15) is 33.4 Å². The molecular weight excluding hydrogens is 252 g/mol. The highest BCUT2D eigenvalue weighted by Gasteiger charge is 2.24. The van der Waals surface area contributed by atoms with Crippen molar-refractivity contribution in [3.8, 4) is 0 Å². The summed E-state index contributed by atoms with van der Waals surface area (Å²) >= 11 is 0. The van der Waals surface area contributed by atoms with Gasteiger partial charge in [0.15, 0.2) is 0 Å². The highest BCUT2D eigenvalue weighted by atomic mass is 16.1. The van der Waals surface area contributed by atoms with Gasteiger partial charge in [-0.1, -0.05) is 27.7 Å². The summed E-state index contributed by atoms with van der Waals surface area (Å²) < 4.78 is 3.42. The van der Waals surface area contributed by atoms with Gasteiger partial charge in [0.1, 0.15) is 5.52 Å². The topological polar surface area (TPSA) is 51.3 Å². The third-order valence-corrected chi connectivity index (χ3v) is 3.60. The Morgan fingerprint density at radius 3 is 2.65 bits per heavy atom. The minimum atomic E-state index is 0.0141. The fraction of sp³-hybridized carbons (Fsp3) is 0.600. The summed E-state index contributed by atoms with van der Waals surface area (Å²) in [5.41, 5.74) is 1.60. The summed E-state index contributed by atoms with van der Waals surface area (Å²) in [5, 5.41) is 7.74. The molecule has 2 heterocycles. The van der Waals surface area contributed by atoms with E-state index in [0.717, 1.165) is 12.2 Å². The minimum Gasteiger partial charge on any atom is -0.312 e. The van der Waals surface area contributed by atoms with Crippen molar-refractivity contribution in [3.63, 3.8) is 0 Å². The highest BCUT2D eigenvalue weighted by Crippen LogP contribution is 2.20. The number of aryl methyl sites for hydroxylation is 1. The van der Waals surface area contributed by atoms with Crippen molar-refractivity contribution >= 4 is 5.52 Å². The normalized spacial score (nSPS) is 13.8. The number of nitrogens with one attached hydrogen (secondary N) is 1. The second-order valence-corrected chi connectivity index (χ2v) is 6.35. The van der Waals surface area contributed by atoms with Crippen LogP contribution in [-0.4, -0.2) is 26.8 Å². The van der Waals surface area contributed by atoms with Crippen molar-refractivity contribution in [2.75, 3.05) is 6.54 Å². The molecule has 0 aliphatic carbocycles. The van der Waals surface area contributed by atoms with Gasteiger partial charge in [0, 0.05) is 25.0 Å². The van der Waals surface area contributed by atoms with Gasteiger partial charge >= 0.3 is 0 Å². The van der Waals surface area contributed by atoms with Gasteiger partial charge in [-0.2, -0.15) is 5.10 Å². The first kappa shape index (κ1) is 14.8. The van der Waals surface area contributed by atoms with Gasteiger partial charge < -0.3 is 9.88 Å². The van der Waals surface area contributed by atoms with Gasteiger partial charge in [0.25, 0.3) is 5.56 Å². The molecule has 2 aromatic heterocycles. The summed E-state index contributed by atoms with van der Waals surface area (Å²) in [7, 11) is 0. The van der Waals surface area contributed by atoms with Crippen molar-refractivity contribution in [1.82, 2.24) is 19.5 Å². The number of hydrogen-bond donors (Lipinski definition) is 1. The molecule has 110 valence electrons. The zero-order valence-corrected chi connectivity index (χ0v) is 13.0. The monoisotopic (exact) mass is 276 g/mol. The third-order valence-electron chi connectivity index (χ3n) is 3.60. The van der Waals surface area contributed by atoms with E-state index in [2.05, 4.69) is 38.1 Å². The van der Waals surface area contributed by atoms with Crippen LogP contribution in [0.15, 0.2) is 23.3 Å². The van der Waals surface area contributed by atoms with Crippen molar-refractivity contribution < 1.29 is 0 Å². The molecule has 1 atom stereocenters. The van der Waals surface area contributed by atoms with Crippen LogP contribution >= 0.6 is 0 Å². The summed E-state index contributed by atoms with van der Waals surface area (Å²) in [5.74, 6) is 0. The van der Waals surface area contributed by atoms with Gasteiger partial charge in [-0.15, -0.1) is 0 Å². The van der Waals surface area contributed by atoms with E-state index >= 15 is 0 Å². The zero-order chi connectivity index (χ0) is 14.9. The Morgan fingerprint density at radius 1 is 1.35 bits per heavy atom. The summed E-state index contributed by atoms with van der Waals surface area (Å²) in [4.78, 5) is 12.5. The van der Waals surface area contributed by atoms with Crippen LogP contribution in [0.25, 0.3) is 5.52 Å². The summed E-state index contributed by atoms with van der Waals surface area (Å²) in [6, 6.07) is 2.08. The molecule has 0 fully saturated rings. The fourth-order valence-electron chi connectivity index (χ4n) is 2.38. The second kappa shape index (κ2) is 5.40. The molecule has 1 N–H and O–H groups in total. The van der Waals surface area contributed by atoms with Crippen LogP contribution in [0.3, 0.4) is 0 Å². The van der Waals surface area contributed by atoms with Crippen LogP contribution in [0.2, 0.25) is 0 Å². The maximum absolute atomic E-state index is 12.5. The molecule has 2 rings (SSSR count). The standard InChI is InChI=1S/C15H24N4O/c1-6-16-13(15(3,4)5)10-18-7-8-19-12(14(18)20)9-11(2)17-19/h7-9,13,16H,6,10H2,1-5H3. The SMILES string of the molecule is CCNC(Cn1ccn2nc(C)cc2c1=O)C(C)(C)C. The molecule has 0 bridgehead atoms. The molecule has 0 saturated heterocycles. The lowest BCUT2D eigenvalue weighted by Crippen LogP contribution is -2.45. The van der Waals surface area contributed by atoms with E-state index < -0.39 is 0 Å². The number of aromatic nitrogens is 3. The van der Waals surface area contributed by atoms with Gasteiger partial charge in [-0.25, -0.2) is 4.52 Å². The molecule has 5 heteroatoms.